The molecule has 0 aromatic rings. The Bertz CT molecular complexity index is 116. The van der Waals surface area contributed by atoms with E-state index in [1.54, 1.807) is 0 Å². The highest BCUT2D eigenvalue weighted by molar-refractivity contribution is 4.97. The van der Waals surface area contributed by atoms with Gasteiger partial charge in [0, 0.05) is 0 Å². The third-order valence-electron chi connectivity index (χ3n) is 2.08. The topological polar surface area (TPSA) is 26.0 Å². The fraction of sp³-hybridized carbons (Fsp3) is 0.818. The summed E-state index contributed by atoms with van der Waals surface area (Å²) in [6.07, 6.45) is 10.0. The molecule has 0 unspecified atom stereocenters. The molecule has 0 heterocycles. The Hall–Kier alpha value is -0.300. The molecular formula is C11H23N. The van der Waals surface area contributed by atoms with Crippen LogP contribution in [0, 0.1) is 0 Å². The molecule has 1 heteroatoms. The average molecular weight is 169 g/mol. The van der Waals surface area contributed by atoms with Crippen molar-refractivity contribution in [3.05, 3.63) is 11.6 Å². The van der Waals surface area contributed by atoms with E-state index in [-0.39, 0.29) is 0 Å². The van der Waals surface area contributed by atoms with Gasteiger partial charge in [0.25, 0.3) is 0 Å². The predicted octanol–water partition coefficient (Wildman–Crippen LogP) is 3.25. The quantitative estimate of drug-likeness (QED) is 0.459. The molecule has 2 N–H and O–H groups in total. The first-order valence-electron chi connectivity index (χ1n) is 5.17. The van der Waals surface area contributed by atoms with Gasteiger partial charge in [-0.3, -0.25) is 0 Å². The summed E-state index contributed by atoms with van der Waals surface area (Å²) >= 11 is 0. The summed E-state index contributed by atoms with van der Waals surface area (Å²) in [4.78, 5) is 0. The lowest BCUT2D eigenvalue weighted by molar-refractivity contribution is 0.663. The highest BCUT2D eigenvalue weighted by atomic mass is 14.5. The third-order valence-corrected chi connectivity index (χ3v) is 2.08. The molecule has 12 heavy (non-hydrogen) atoms. The summed E-state index contributed by atoms with van der Waals surface area (Å²) in [5.74, 6) is 0. The van der Waals surface area contributed by atoms with Crippen LogP contribution in [-0.2, 0) is 0 Å². The number of unbranched alkanes of at least 4 members (excludes halogenated alkanes) is 3. The Labute approximate surface area is 77.0 Å². The molecule has 0 spiro atoms. The predicted molar refractivity (Wildman–Crippen MR) is 56.2 cm³/mol. The van der Waals surface area contributed by atoms with E-state index in [0.29, 0.717) is 0 Å². The minimum atomic E-state index is 0.784. The Kier molecular flexibility index (Phi) is 8.57. The summed E-state index contributed by atoms with van der Waals surface area (Å²) in [6, 6.07) is 0. The lowest BCUT2D eigenvalue weighted by Gasteiger charge is -2.00. The molecule has 0 radical (unpaired) electrons. The Morgan fingerprint density at radius 1 is 1.25 bits per heavy atom. The van der Waals surface area contributed by atoms with Crippen molar-refractivity contribution in [1.29, 1.82) is 0 Å². The van der Waals surface area contributed by atoms with Crippen molar-refractivity contribution < 1.29 is 0 Å². The van der Waals surface area contributed by atoms with Crippen LogP contribution in [0.4, 0.5) is 0 Å². The number of allylic oxidation sites excluding steroid dienone is 1. The van der Waals surface area contributed by atoms with E-state index in [4.69, 9.17) is 5.73 Å². The summed E-state index contributed by atoms with van der Waals surface area (Å²) in [5.41, 5.74) is 6.92. The second kappa shape index (κ2) is 8.79. The molecule has 0 bridgehead atoms. The highest BCUT2D eigenvalue weighted by Gasteiger charge is 1.90. The van der Waals surface area contributed by atoms with Crippen molar-refractivity contribution in [2.75, 3.05) is 6.54 Å². The second-order valence-corrected chi connectivity index (χ2v) is 3.44. The van der Waals surface area contributed by atoms with Crippen molar-refractivity contribution in [1.82, 2.24) is 0 Å². The molecule has 0 rings (SSSR count). The third kappa shape index (κ3) is 7.80. The van der Waals surface area contributed by atoms with Gasteiger partial charge in [-0.15, -0.1) is 0 Å². The molecule has 0 aromatic carbocycles. The van der Waals surface area contributed by atoms with E-state index in [1.807, 2.05) is 0 Å². The molecule has 0 saturated heterocycles. The van der Waals surface area contributed by atoms with E-state index in [2.05, 4.69) is 19.9 Å². The molecule has 0 amide bonds. The van der Waals surface area contributed by atoms with Crippen LogP contribution in [0.25, 0.3) is 0 Å². The molecule has 0 aliphatic carbocycles. The zero-order chi connectivity index (χ0) is 9.23. The maximum atomic E-state index is 5.41. The molecule has 0 fully saturated rings. The zero-order valence-electron chi connectivity index (χ0n) is 8.60. The molecule has 0 aromatic heterocycles. The smallest absolute Gasteiger partial charge is 0.00425 e. The Morgan fingerprint density at radius 3 is 2.58 bits per heavy atom. The molecule has 0 aliphatic heterocycles. The molecule has 0 atom stereocenters. The van der Waals surface area contributed by atoms with Crippen LogP contribution < -0.4 is 5.73 Å². The maximum absolute atomic E-state index is 5.41. The molecular weight excluding hydrogens is 146 g/mol. The first-order valence-corrected chi connectivity index (χ1v) is 5.17. The van der Waals surface area contributed by atoms with Crippen molar-refractivity contribution in [3.63, 3.8) is 0 Å². The van der Waals surface area contributed by atoms with Crippen LogP contribution >= 0.6 is 0 Å². The highest BCUT2D eigenvalue weighted by Crippen LogP contribution is 2.09. The lowest BCUT2D eigenvalue weighted by Crippen LogP contribution is -1.96. The second-order valence-electron chi connectivity index (χ2n) is 3.44. The Morgan fingerprint density at radius 2 is 2.00 bits per heavy atom. The molecule has 0 saturated carbocycles. The van der Waals surface area contributed by atoms with Gasteiger partial charge >= 0.3 is 0 Å². The fourth-order valence-corrected chi connectivity index (χ4v) is 1.26. The monoisotopic (exact) mass is 169 g/mol. The van der Waals surface area contributed by atoms with Crippen LogP contribution in [0.15, 0.2) is 11.6 Å². The Balaban J connectivity index is 3.24. The first kappa shape index (κ1) is 11.7. The van der Waals surface area contributed by atoms with Gasteiger partial charge < -0.3 is 5.73 Å². The lowest BCUT2D eigenvalue weighted by atomic mass is 10.1. The van der Waals surface area contributed by atoms with E-state index < -0.39 is 0 Å². The minimum Gasteiger partial charge on any atom is -0.330 e. The molecule has 0 aliphatic rings. The van der Waals surface area contributed by atoms with Gasteiger partial charge in [0.05, 0.1) is 0 Å². The first-order chi connectivity index (χ1) is 5.81. The summed E-state index contributed by atoms with van der Waals surface area (Å²) < 4.78 is 0. The molecule has 72 valence electrons. The van der Waals surface area contributed by atoms with E-state index in [0.717, 1.165) is 13.0 Å². The minimum absolute atomic E-state index is 0.784. The van der Waals surface area contributed by atoms with Crippen LogP contribution in [0.1, 0.15) is 52.4 Å². The maximum Gasteiger partial charge on any atom is -0.00425 e. The molecule has 1 nitrogen and oxygen atoms in total. The van der Waals surface area contributed by atoms with Gasteiger partial charge in [-0.1, -0.05) is 37.8 Å². The van der Waals surface area contributed by atoms with Crippen molar-refractivity contribution >= 4 is 0 Å². The van der Waals surface area contributed by atoms with Crippen molar-refractivity contribution in [2.24, 2.45) is 5.73 Å². The van der Waals surface area contributed by atoms with Gasteiger partial charge in [-0.2, -0.15) is 0 Å². The van der Waals surface area contributed by atoms with E-state index in [1.165, 1.54) is 37.7 Å². The standard InChI is InChI=1S/C11H23N/c1-3-4-5-6-8-11(2)9-7-10-12/h9H,3-8,10,12H2,1-2H3. The number of nitrogens with two attached hydrogens (primary N) is 1. The largest absolute Gasteiger partial charge is 0.330 e. The van der Waals surface area contributed by atoms with Crippen molar-refractivity contribution in [3.8, 4) is 0 Å². The van der Waals surface area contributed by atoms with Crippen LogP contribution in [0.2, 0.25) is 0 Å². The van der Waals surface area contributed by atoms with Gasteiger partial charge in [-0.05, 0) is 32.7 Å². The number of rotatable bonds is 7. The van der Waals surface area contributed by atoms with E-state index in [9.17, 15) is 0 Å². The summed E-state index contributed by atoms with van der Waals surface area (Å²) in [5, 5.41) is 0. The van der Waals surface area contributed by atoms with Crippen LogP contribution in [0.3, 0.4) is 0 Å². The van der Waals surface area contributed by atoms with Crippen molar-refractivity contribution in [2.45, 2.75) is 52.4 Å². The fourth-order valence-electron chi connectivity index (χ4n) is 1.26. The van der Waals surface area contributed by atoms with Gasteiger partial charge in [-0.25, -0.2) is 0 Å². The normalized spacial score (nSPS) is 12.1. The average Bonchev–Trinajstić information content (AvgIpc) is 2.09. The van der Waals surface area contributed by atoms with E-state index >= 15 is 0 Å². The van der Waals surface area contributed by atoms with Gasteiger partial charge in [0.1, 0.15) is 0 Å². The van der Waals surface area contributed by atoms with Crippen LogP contribution in [0.5, 0.6) is 0 Å². The number of hydrogen-bond acceptors (Lipinski definition) is 1. The summed E-state index contributed by atoms with van der Waals surface area (Å²) in [6.45, 7) is 5.24. The zero-order valence-corrected chi connectivity index (χ0v) is 8.60. The summed E-state index contributed by atoms with van der Waals surface area (Å²) in [7, 11) is 0. The van der Waals surface area contributed by atoms with Crippen LogP contribution in [-0.4, -0.2) is 6.54 Å². The van der Waals surface area contributed by atoms with Gasteiger partial charge in [0.2, 0.25) is 0 Å². The number of hydrogen-bond donors (Lipinski definition) is 1. The van der Waals surface area contributed by atoms with Gasteiger partial charge in [0.15, 0.2) is 0 Å². The SMILES string of the molecule is CCCCCCC(C)=CCCN.